The van der Waals surface area contributed by atoms with Crippen LogP contribution in [0.5, 0.6) is 5.75 Å². The molecule has 0 spiro atoms. The number of hydrogen-bond acceptors (Lipinski definition) is 2. The quantitative estimate of drug-likeness (QED) is 0.810. The zero-order valence-electron chi connectivity index (χ0n) is 15.2. The molecule has 1 saturated carbocycles. The Morgan fingerprint density at radius 3 is 2.48 bits per heavy atom. The first-order chi connectivity index (χ1) is 12.3. The van der Waals surface area contributed by atoms with Gasteiger partial charge in [0.15, 0.2) is 6.10 Å². The van der Waals surface area contributed by atoms with Crippen molar-refractivity contribution < 1.29 is 9.53 Å². The number of fused-ring (bicyclic) bond motifs is 1. The van der Waals surface area contributed by atoms with E-state index in [9.17, 15) is 4.79 Å². The van der Waals surface area contributed by atoms with Gasteiger partial charge in [-0.25, -0.2) is 0 Å². The average Bonchev–Trinajstić information content (AvgIpc) is 2.61. The third kappa shape index (κ3) is 4.75. The highest BCUT2D eigenvalue weighted by molar-refractivity contribution is 5.89. The zero-order valence-corrected chi connectivity index (χ0v) is 15.2. The van der Waals surface area contributed by atoms with Crippen molar-refractivity contribution in [2.75, 3.05) is 0 Å². The van der Waals surface area contributed by atoms with Crippen LogP contribution in [-0.2, 0) is 4.79 Å². The van der Waals surface area contributed by atoms with E-state index in [4.69, 9.17) is 4.74 Å². The minimum atomic E-state index is -0.434. The lowest BCUT2D eigenvalue weighted by Crippen LogP contribution is -2.43. The van der Waals surface area contributed by atoms with Crippen LogP contribution >= 0.6 is 0 Å². The van der Waals surface area contributed by atoms with Crippen molar-refractivity contribution in [3.05, 3.63) is 42.5 Å². The molecule has 1 aliphatic carbocycles. The number of hydrogen-bond donors (Lipinski definition) is 1. The van der Waals surface area contributed by atoms with Crippen LogP contribution < -0.4 is 10.1 Å². The predicted octanol–water partition coefficient (Wildman–Crippen LogP) is 5.23. The van der Waals surface area contributed by atoms with Gasteiger partial charge >= 0.3 is 0 Å². The minimum absolute atomic E-state index is 0.0287. The summed E-state index contributed by atoms with van der Waals surface area (Å²) in [5.41, 5.74) is 0. The number of carbonyl (C=O) groups is 1. The van der Waals surface area contributed by atoms with Crippen LogP contribution in [0.4, 0.5) is 0 Å². The van der Waals surface area contributed by atoms with E-state index < -0.39 is 6.10 Å². The smallest absolute Gasteiger partial charge is 0.261 e. The topological polar surface area (TPSA) is 38.3 Å². The van der Waals surface area contributed by atoms with Gasteiger partial charge in [-0.15, -0.1) is 0 Å². The SMILES string of the molecule is CC[C@@H](Oc1cccc2ccccc12)C(=O)NC1CCCCCCC1. The number of nitrogens with one attached hydrogen (secondary N) is 1. The molecule has 3 nitrogen and oxygen atoms in total. The number of ether oxygens (including phenoxy) is 1. The Hall–Kier alpha value is -2.03. The molecule has 0 radical (unpaired) electrons. The Morgan fingerprint density at radius 1 is 1.04 bits per heavy atom. The van der Waals surface area contributed by atoms with E-state index in [1.54, 1.807) is 0 Å². The van der Waals surface area contributed by atoms with Crippen molar-refractivity contribution in [1.29, 1.82) is 0 Å². The second kappa shape index (κ2) is 8.89. The molecule has 1 aliphatic rings. The summed E-state index contributed by atoms with van der Waals surface area (Å²) >= 11 is 0. The van der Waals surface area contributed by atoms with Crippen LogP contribution in [0.3, 0.4) is 0 Å². The van der Waals surface area contributed by atoms with Gasteiger partial charge in [0.1, 0.15) is 5.75 Å². The molecule has 1 fully saturated rings. The molecule has 134 valence electrons. The lowest BCUT2D eigenvalue weighted by molar-refractivity contribution is -0.128. The van der Waals surface area contributed by atoms with Crippen LogP contribution in [0, 0.1) is 0 Å². The second-order valence-corrected chi connectivity index (χ2v) is 7.04. The van der Waals surface area contributed by atoms with E-state index in [1.807, 2.05) is 37.3 Å². The maximum atomic E-state index is 12.7. The molecule has 0 bridgehead atoms. The fourth-order valence-electron chi connectivity index (χ4n) is 3.67. The van der Waals surface area contributed by atoms with Crippen LogP contribution in [0.2, 0.25) is 0 Å². The monoisotopic (exact) mass is 339 g/mol. The first-order valence-corrected chi connectivity index (χ1v) is 9.72. The number of amides is 1. The Kier molecular flexibility index (Phi) is 6.32. The van der Waals surface area contributed by atoms with Gasteiger partial charge in [0, 0.05) is 11.4 Å². The Morgan fingerprint density at radius 2 is 1.72 bits per heavy atom. The molecule has 0 unspecified atom stereocenters. The van der Waals surface area contributed by atoms with E-state index in [1.165, 1.54) is 32.1 Å². The third-order valence-corrected chi connectivity index (χ3v) is 5.13. The largest absolute Gasteiger partial charge is 0.480 e. The van der Waals surface area contributed by atoms with Crippen molar-refractivity contribution in [3.8, 4) is 5.75 Å². The highest BCUT2D eigenvalue weighted by atomic mass is 16.5. The molecule has 0 aromatic heterocycles. The van der Waals surface area contributed by atoms with Gasteiger partial charge in [-0.05, 0) is 30.7 Å². The molecule has 0 aliphatic heterocycles. The van der Waals surface area contributed by atoms with E-state index in [2.05, 4.69) is 17.4 Å². The van der Waals surface area contributed by atoms with Gasteiger partial charge in [0.05, 0.1) is 0 Å². The summed E-state index contributed by atoms with van der Waals surface area (Å²) in [6, 6.07) is 14.4. The molecular formula is C22H29NO2. The summed E-state index contributed by atoms with van der Waals surface area (Å²) in [4.78, 5) is 12.7. The van der Waals surface area contributed by atoms with E-state index >= 15 is 0 Å². The normalized spacial score (nSPS) is 17.5. The summed E-state index contributed by atoms with van der Waals surface area (Å²) in [6.45, 7) is 2.01. The van der Waals surface area contributed by atoms with Crippen LogP contribution in [-0.4, -0.2) is 18.1 Å². The van der Waals surface area contributed by atoms with Crippen molar-refractivity contribution in [2.24, 2.45) is 0 Å². The van der Waals surface area contributed by atoms with Gasteiger partial charge < -0.3 is 10.1 Å². The molecule has 3 heteroatoms. The van der Waals surface area contributed by atoms with Gasteiger partial charge in [-0.1, -0.05) is 75.4 Å². The van der Waals surface area contributed by atoms with E-state index in [-0.39, 0.29) is 5.91 Å². The summed E-state index contributed by atoms with van der Waals surface area (Å²) in [7, 11) is 0. The summed E-state index contributed by atoms with van der Waals surface area (Å²) in [5, 5.41) is 5.43. The molecule has 2 aromatic rings. The van der Waals surface area contributed by atoms with Crippen molar-refractivity contribution in [3.63, 3.8) is 0 Å². The zero-order chi connectivity index (χ0) is 17.5. The maximum Gasteiger partial charge on any atom is 0.261 e. The molecule has 3 rings (SSSR count). The van der Waals surface area contributed by atoms with Crippen molar-refractivity contribution in [1.82, 2.24) is 5.32 Å². The lowest BCUT2D eigenvalue weighted by atomic mass is 9.96. The summed E-state index contributed by atoms with van der Waals surface area (Å²) in [5.74, 6) is 0.818. The number of benzene rings is 2. The summed E-state index contributed by atoms with van der Waals surface area (Å²) < 4.78 is 6.12. The van der Waals surface area contributed by atoms with E-state index in [0.717, 1.165) is 29.4 Å². The predicted molar refractivity (Wildman–Crippen MR) is 103 cm³/mol. The van der Waals surface area contributed by atoms with Gasteiger partial charge in [0.25, 0.3) is 5.91 Å². The Labute approximate surface area is 150 Å². The summed E-state index contributed by atoms with van der Waals surface area (Å²) in [6.07, 6.45) is 8.76. The fraction of sp³-hybridized carbons (Fsp3) is 0.500. The molecular weight excluding hydrogens is 310 g/mol. The molecule has 1 amide bonds. The standard InChI is InChI=1S/C22H29NO2/c1-2-20(22(24)23-18-13-6-4-3-5-7-14-18)25-21-16-10-12-17-11-8-9-15-19(17)21/h8-12,15-16,18,20H,2-7,13-14H2,1H3,(H,23,24)/t20-/m1/s1. The maximum absolute atomic E-state index is 12.7. The highest BCUT2D eigenvalue weighted by Crippen LogP contribution is 2.26. The Balaban J connectivity index is 1.67. The molecule has 1 N–H and O–H groups in total. The first kappa shape index (κ1) is 17.8. The van der Waals surface area contributed by atoms with Crippen molar-refractivity contribution in [2.45, 2.75) is 70.4 Å². The lowest BCUT2D eigenvalue weighted by Gasteiger charge is -2.24. The minimum Gasteiger partial charge on any atom is -0.480 e. The first-order valence-electron chi connectivity index (χ1n) is 9.72. The van der Waals surface area contributed by atoms with Crippen LogP contribution in [0.25, 0.3) is 10.8 Å². The van der Waals surface area contributed by atoms with Gasteiger partial charge in [-0.2, -0.15) is 0 Å². The number of carbonyl (C=O) groups excluding carboxylic acids is 1. The number of rotatable bonds is 5. The van der Waals surface area contributed by atoms with Crippen LogP contribution in [0.15, 0.2) is 42.5 Å². The third-order valence-electron chi connectivity index (χ3n) is 5.13. The van der Waals surface area contributed by atoms with Crippen LogP contribution in [0.1, 0.15) is 58.3 Å². The van der Waals surface area contributed by atoms with Crippen molar-refractivity contribution >= 4 is 16.7 Å². The fourth-order valence-corrected chi connectivity index (χ4v) is 3.67. The highest BCUT2D eigenvalue weighted by Gasteiger charge is 2.22. The molecule has 0 saturated heterocycles. The van der Waals surface area contributed by atoms with E-state index in [0.29, 0.717) is 12.5 Å². The molecule has 2 aromatic carbocycles. The second-order valence-electron chi connectivity index (χ2n) is 7.04. The van der Waals surface area contributed by atoms with Gasteiger partial charge in [-0.3, -0.25) is 4.79 Å². The molecule has 0 heterocycles. The molecule has 1 atom stereocenters. The van der Waals surface area contributed by atoms with Gasteiger partial charge in [0.2, 0.25) is 0 Å². The molecule has 25 heavy (non-hydrogen) atoms. The average molecular weight is 339 g/mol. The Bertz CT molecular complexity index is 684.